The highest BCUT2D eigenvalue weighted by molar-refractivity contribution is 8.01. The van der Waals surface area contributed by atoms with Crippen LogP contribution in [0.5, 0.6) is 0 Å². The second-order valence-corrected chi connectivity index (χ2v) is 7.64. The summed E-state index contributed by atoms with van der Waals surface area (Å²) in [5.74, 6) is 0.820. The van der Waals surface area contributed by atoms with E-state index in [1.54, 1.807) is 11.8 Å². The van der Waals surface area contributed by atoms with Crippen molar-refractivity contribution in [1.29, 1.82) is 0 Å². The van der Waals surface area contributed by atoms with Gasteiger partial charge in [0.05, 0.1) is 19.0 Å². The van der Waals surface area contributed by atoms with Crippen molar-refractivity contribution in [2.75, 3.05) is 32.1 Å². The number of carbonyl (C=O) groups is 1. The van der Waals surface area contributed by atoms with Crippen LogP contribution in [-0.2, 0) is 9.53 Å². The molecule has 0 aromatic carbocycles. The summed E-state index contributed by atoms with van der Waals surface area (Å²) in [6, 6.07) is 0. The summed E-state index contributed by atoms with van der Waals surface area (Å²) in [5, 5.41) is 0. The van der Waals surface area contributed by atoms with Gasteiger partial charge in [0.25, 0.3) is 0 Å². The van der Waals surface area contributed by atoms with Crippen LogP contribution in [0.3, 0.4) is 0 Å². The number of hydrogen-bond acceptors (Lipinski definition) is 3. The summed E-state index contributed by atoms with van der Waals surface area (Å²) in [5.41, 5.74) is 0.197. The van der Waals surface area contributed by atoms with Crippen molar-refractivity contribution < 1.29 is 9.53 Å². The Morgan fingerprint density at radius 3 is 2.18 bits per heavy atom. The standard InChI is InChI=1S/C13H25NO2S/c1-12(2,3)13(4,5)17-10-11(15)14-6-8-16-9-7-14/h6-10H2,1-5H3. The van der Waals surface area contributed by atoms with Crippen LogP contribution in [-0.4, -0.2) is 47.6 Å². The van der Waals surface area contributed by atoms with E-state index in [1.165, 1.54) is 0 Å². The van der Waals surface area contributed by atoms with E-state index < -0.39 is 0 Å². The lowest BCUT2D eigenvalue weighted by Gasteiger charge is -2.38. The van der Waals surface area contributed by atoms with Gasteiger partial charge < -0.3 is 9.64 Å². The van der Waals surface area contributed by atoms with Crippen LogP contribution in [0.15, 0.2) is 0 Å². The van der Waals surface area contributed by atoms with Gasteiger partial charge in [-0.15, -0.1) is 11.8 Å². The molecular weight excluding hydrogens is 234 g/mol. The molecule has 100 valence electrons. The van der Waals surface area contributed by atoms with Gasteiger partial charge >= 0.3 is 0 Å². The Hall–Kier alpha value is -0.220. The van der Waals surface area contributed by atoms with Crippen LogP contribution in [0, 0.1) is 5.41 Å². The van der Waals surface area contributed by atoms with Crippen LogP contribution < -0.4 is 0 Å². The van der Waals surface area contributed by atoms with E-state index in [2.05, 4.69) is 34.6 Å². The molecular formula is C13H25NO2S. The van der Waals surface area contributed by atoms with E-state index in [1.807, 2.05) is 4.90 Å². The van der Waals surface area contributed by atoms with Crippen LogP contribution in [0.2, 0.25) is 0 Å². The number of amides is 1. The van der Waals surface area contributed by atoms with Gasteiger partial charge in [-0.1, -0.05) is 34.6 Å². The first-order valence-electron chi connectivity index (χ1n) is 6.23. The van der Waals surface area contributed by atoms with Crippen molar-refractivity contribution in [2.45, 2.75) is 39.4 Å². The summed E-state index contributed by atoms with van der Waals surface area (Å²) < 4.78 is 5.35. The van der Waals surface area contributed by atoms with Crippen molar-refractivity contribution in [3.8, 4) is 0 Å². The fourth-order valence-corrected chi connectivity index (χ4v) is 2.46. The van der Waals surface area contributed by atoms with Gasteiger partial charge in [0.1, 0.15) is 0 Å². The van der Waals surface area contributed by atoms with E-state index in [9.17, 15) is 4.79 Å². The first-order chi connectivity index (χ1) is 7.74. The SMILES string of the molecule is CC(C)(C)C(C)(C)SCC(=O)N1CCOCC1. The third-order valence-corrected chi connectivity index (χ3v) is 5.45. The van der Waals surface area contributed by atoms with Crippen molar-refractivity contribution in [1.82, 2.24) is 4.90 Å². The second-order valence-electron chi connectivity index (χ2n) is 6.04. The van der Waals surface area contributed by atoms with Gasteiger partial charge in [-0.3, -0.25) is 4.79 Å². The minimum absolute atomic E-state index is 0.106. The third kappa shape index (κ3) is 4.18. The van der Waals surface area contributed by atoms with Gasteiger partial charge in [0.2, 0.25) is 5.91 Å². The molecule has 0 saturated carbocycles. The molecule has 0 atom stereocenters. The molecule has 0 aliphatic carbocycles. The van der Waals surface area contributed by atoms with Gasteiger partial charge in [-0.05, 0) is 5.41 Å². The first kappa shape index (κ1) is 14.8. The Labute approximate surface area is 109 Å². The Morgan fingerprint density at radius 1 is 1.18 bits per heavy atom. The Balaban J connectivity index is 2.42. The number of carbonyl (C=O) groups excluding carboxylic acids is 1. The van der Waals surface area contributed by atoms with Crippen molar-refractivity contribution in [2.24, 2.45) is 5.41 Å². The zero-order valence-electron chi connectivity index (χ0n) is 11.7. The molecule has 0 aromatic rings. The Bertz CT molecular complexity index is 265. The largest absolute Gasteiger partial charge is 0.378 e. The molecule has 1 aliphatic rings. The third-order valence-electron chi connectivity index (χ3n) is 3.73. The van der Waals surface area contributed by atoms with E-state index in [0.29, 0.717) is 19.0 Å². The van der Waals surface area contributed by atoms with Crippen LogP contribution >= 0.6 is 11.8 Å². The minimum atomic E-state index is 0.106. The predicted octanol–water partition coefficient (Wildman–Crippen LogP) is 2.40. The van der Waals surface area contributed by atoms with Crippen LogP contribution in [0.25, 0.3) is 0 Å². The molecule has 0 spiro atoms. The number of nitrogens with zero attached hydrogens (tertiary/aromatic N) is 1. The molecule has 0 radical (unpaired) electrons. The maximum atomic E-state index is 12.0. The summed E-state index contributed by atoms with van der Waals surface area (Å²) in [6.45, 7) is 13.9. The topological polar surface area (TPSA) is 29.5 Å². The lowest BCUT2D eigenvalue weighted by atomic mass is 9.83. The highest BCUT2D eigenvalue weighted by atomic mass is 32.2. The highest BCUT2D eigenvalue weighted by Gasteiger charge is 2.34. The van der Waals surface area contributed by atoms with Crippen molar-refractivity contribution >= 4 is 17.7 Å². The zero-order valence-corrected chi connectivity index (χ0v) is 12.5. The van der Waals surface area contributed by atoms with Gasteiger partial charge in [0.15, 0.2) is 0 Å². The van der Waals surface area contributed by atoms with E-state index in [0.717, 1.165) is 13.1 Å². The zero-order chi connectivity index (χ0) is 13.1. The maximum absolute atomic E-state index is 12.0. The number of morpholine rings is 1. The average Bonchev–Trinajstić information content (AvgIpc) is 2.25. The lowest BCUT2D eigenvalue weighted by molar-refractivity contribution is -0.132. The van der Waals surface area contributed by atoms with Gasteiger partial charge in [-0.2, -0.15) is 0 Å². The minimum Gasteiger partial charge on any atom is -0.378 e. The molecule has 0 unspecified atom stereocenters. The quantitative estimate of drug-likeness (QED) is 0.779. The smallest absolute Gasteiger partial charge is 0.232 e. The molecule has 0 aromatic heterocycles. The summed E-state index contributed by atoms with van der Waals surface area (Å²) in [6.07, 6.45) is 0. The number of rotatable bonds is 3. The summed E-state index contributed by atoms with van der Waals surface area (Å²) in [4.78, 5) is 13.9. The molecule has 1 fully saturated rings. The average molecular weight is 259 g/mol. The molecule has 17 heavy (non-hydrogen) atoms. The molecule has 1 saturated heterocycles. The maximum Gasteiger partial charge on any atom is 0.232 e. The Kier molecular flexibility index (Phi) is 4.90. The molecule has 1 heterocycles. The molecule has 1 amide bonds. The summed E-state index contributed by atoms with van der Waals surface area (Å²) >= 11 is 1.76. The molecule has 0 N–H and O–H groups in total. The molecule has 0 bridgehead atoms. The number of thioether (sulfide) groups is 1. The lowest BCUT2D eigenvalue weighted by Crippen LogP contribution is -2.43. The van der Waals surface area contributed by atoms with Crippen molar-refractivity contribution in [3.05, 3.63) is 0 Å². The van der Waals surface area contributed by atoms with E-state index >= 15 is 0 Å². The molecule has 3 nitrogen and oxygen atoms in total. The predicted molar refractivity (Wildman–Crippen MR) is 73.4 cm³/mol. The first-order valence-corrected chi connectivity index (χ1v) is 7.22. The number of ether oxygens (including phenoxy) is 1. The van der Waals surface area contributed by atoms with Crippen LogP contribution in [0.1, 0.15) is 34.6 Å². The molecule has 1 aliphatic heterocycles. The van der Waals surface area contributed by atoms with Gasteiger partial charge in [-0.25, -0.2) is 0 Å². The van der Waals surface area contributed by atoms with Crippen LogP contribution in [0.4, 0.5) is 0 Å². The Morgan fingerprint density at radius 2 is 1.71 bits per heavy atom. The highest BCUT2D eigenvalue weighted by Crippen LogP contribution is 2.41. The normalized spacial score (nSPS) is 18.3. The van der Waals surface area contributed by atoms with E-state index in [-0.39, 0.29) is 16.1 Å². The fourth-order valence-electron chi connectivity index (χ4n) is 1.36. The van der Waals surface area contributed by atoms with Crippen molar-refractivity contribution in [3.63, 3.8) is 0 Å². The monoisotopic (exact) mass is 259 g/mol. The second kappa shape index (κ2) is 5.61. The fraction of sp³-hybridized carbons (Fsp3) is 0.923. The van der Waals surface area contributed by atoms with Gasteiger partial charge in [0, 0.05) is 17.8 Å². The molecule has 4 heteroatoms. The number of hydrogen-bond donors (Lipinski definition) is 0. The molecule has 1 rings (SSSR count). The van der Waals surface area contributed by atoms with E-state index in [4.69, 9.17) is 4.74 Å². The summed E-state index contributed by atoms with van der Waals surface area (Å²) in [7, 11) is 0.